The van der Waals surface area contributed by atoms with E-state index in [1.54, 1.807) is 0 Å². The number of rotatable bonds is 3. The van der Waals surface area contributed by atoms with Crippen LogP contribution in [0, 0.1) is 0 Å². The third-order valence-electron chi connectivity index (χ3n) is 3.39. The molecule has 1 aliphatic rings. The molecular formula is C13H17BrN2O. The number of hydrogen-bond donors (Lipinski definition) is 2. The van der Waals surface area contributed by atoms with Crippen LogP contribution < -0.4 is 10.6 Å². The number of halogens is 1. The molecule has 2 N–H and O–H groups in total. The summed E-state index contributed by atoms with van der Waals surface area (Å²) in [5.41, 5.74) is 1.14. The average Bonchev–Trinajstić information content (AvgIpc) is 2.30. The highest BCUT2D eigenvalue weighted by atomic mass is 79.9. The van der Waals surface area contributed by atoms with E-state index >= 15 is 0 Å². The van der Waals surface area contributed by atoms with Gasteiger partial charge in [-0.2, -0.15) is 0 Å². The van der Waals surface area contributed by atoms with E-state index in [1.165, 1.54) is 5.56 Å². The maximum atomic E-state index is 11.7. The minimum Gasteiger partial charge on any atom is -0.356 e. The summed E-state index contributed by atoms with van der Waals surface area (Å²) in [5.74, 6) is 0.141. The lowest BCUT2D eigenvalue weighted by Crippen LogP contribution is -2.48. The molecule has 0 aromatic heterocycles. The maximum absolute atomic E-state index is 11.7. The molecule has 2 rings (SSSR count). The Kier molecular flexibility index (Phi) is 3.84. The highest BCUT2D eigenvalue weighted by Crippen LogP contribution is 2.37. The molecule has 1 atom stereocenters. The number of likely N-dealkylation sites (N-methyl/N-ethyl adjacent to an activating group) is 1. The maximum Gasteiger partial charge on any atom is 0.220 e. The van der Waals surface area contributed by atoms with E-state index in [1.807, 2.05) is 25.2 Å². The van der Waals surface area contributed by atoms with Crippen molar-refractivity contribution in [1.82, 2.24) is 10.6 Å². The summed E-state index contributed by atoms with van der Waals surface area (Å²) in [6, 6.07) is 8.19. The highest BCUT2D eigenvalue weighted by molar-refractivity contribution is 9.10. The van der Waals surface area contributed by atoms with Crippen LogP contribution in [0.2, 0.25) is 0 Å². The van der Waals surface area contributed by atoms with Gasteiger partial charge in [0, 0.05) is 29.4 Å². The molecule has 1 aliphatic heterocycles. The van der Waals surface area contributed by atoms with E-state index in [4.69, 9.17) is 0 Å². The second-order valence-corrected chi connectivity index (χ2v) is 5.42. The molecule has 92 valence electrons. The molecule has 17 heavy (non-hydrogen) atoms. The molecule has 0 aliphatic carbocycles. The number of nitrogens with one attached hydrogen (secondary N) is 2. The Balaban J connectivity index is 2.40. The van der Waals surface area contributed by atoms with Gasteiger partial charge in [-0.3, -0.25) is 4.79 Å². The quantitative estimate of drug-likeness (QED) is 0.893. The molecule has 1 unspecified atom stereocenters. The summed E-state index contributed by atoms with van der Waals surface area (Å²) >= 11 is 3.60. The van der Waals surface area contributed by atoms with Crippen LogP contribution in [0.15, 0.2) is 28.7 Å². The van der Waals surface area contributed by atoms with E-state index in [2.05, 4.69) is 32.6 Å². The number of amides is 1. The van der Waals surface area contributed by atoms with Gasteiger partial charge in [-0.1, -0.05) is 34.1 Å². The van der Waals surface area contributed by atoms with Crippen molar-refractivity contribution in [1.29, 1.82) is 0 Å². The average molecular weight is 297 g/mol. The first-order valence-corrected chi connectivity index (χ1v) is 6.63. The molecule has 0 radical (unpaired) electrons. The fraction of sp³-hybridized carbons (Fsp3) is 0.462. The van der Waals surface area contributed by atoms with Gasteiger partial charge >= 0.3 is 0 Å². The highest BCUT2D eigenvalue weighted by Gasteiger charge is 2.37. The van der Waals surface area contributed by atoms with Crippen LogP contribution in [0.4, 0.5) is 0 Å². The second-order valence-electron chi connectivity index (χ2n) is 4.57. The minimum atomic E-state index is -0.0861. The molecule has 1 amide bonds. The molecule has 0 bridgehead atoms. The van der Waals surface area contributed by atoms with Gasteiger partial charge in [-0.25, -0.2) is 0 Å². The van der Waals surface area contributed by atoms with Gasteiger partial charge in [0.1, 0.15) is 0 Å². The number of benzene rings is 1. The van der Waals surface area contributed by atoms with E-state index in [0.29, 0.717) is 6.42 Å². The molecule has 3 nitrogen and oxygen atoms in total. The molecule has 1 saturated heterocycles. The zero-order chi connectivity index (χ0) is 12.3. The summed E-state index contributed by atoms with van der Waals surface area (Å²) in [6.07, 6.45) is 1.53. The number of carbonyl (C=O) groups excluding carboxylic acids is 1. The molecule has 4 heteroatoms. The largest absolute Gasteiger partial charge is 0.356 e. The molecule has 0 spiro atoms. The number of carbonyl (C=O) groups is 1. The van der Waals surface area contributed by atoms with Crippen LogP contribution in [0.25, 0.3) is 0 Å². The second kappa shape index (κ2) is 5.19. The summed E-state index contributed by atoms with van der Waals surface area (Å²) < 4.78 is 1.09. The van der Waals surface area contributed by atoms with Crippen LogP contribution in [-0.4, -0.2) is 26.0 Å². The smallest absolute Gasteiger partial charge is 0.220 e. The first-order valence-electron chi connectivity index (χ1n) is 5.84. The Morgan fingerprint density at radius 3 is 2.88 bits per heavy atom. The monoisotopic (exact) mass is 296 g/mol. The molecule has 0 saturated carbocycles. The third kappa shape index (κ3) is 2.53. The van der Waals surface area contributed by atoms with Gasteiger partial charge < -0.3 is 10.6 Å². The van der Waals surface area contributed by atoms with E-state index in [0.717, 1.165) is 24.0 Å². The zero-order valence-corrected chi connectivity index (χ0v) is 11.5. The predicted octanol–water partition coefficient (Wildman–Crippen LogP) is 1.82. The van der Waals surface area contributed by atoms with E-state index in [9.17, 15) is 4.79 Å². The summed E-state index contributed by atoms with van der Waals surface area (Å²) in [4.78, 5) is 11.7. The van der Waals surface area contributed by atoms with E-state index < -0.39 is 0 Å². The fourth-order valence-electron chi connectivity index (χ4n) is 2.61. The van der Waals surface area contributed by atoms with Gasteiger partial charge in [-0.15, -0.1) is 0 Å². The van der Waals surface area contributed by atoms with Crippen molar-refractivity contribution < 1.29 is 4.79 Å². The molecule has 1 aromatic carbocycles. The Morgan fingerprint density at radius 2 is 2.24 bits per heavy atom. The zero-order valence-electron chi connectivity index (χ0n) is 9.92. The van der Waals surface area contributed by atoms with Crippen molar-refractivity contribution in [3.8, 4) is 0 Å². The fourth-order valence-corrected chi connectivity index (χ4v) is 3.31. The molecular weight excluding hydrogens is 280 g/mol. The van der Waals surface area contributed by atoms with Crippen LogP contribution in [0.3, 0.4) is 0 Å². The Labute approximate surface area is 110 Å². The van der Waals surface area contributed by atoms with Crippen LogP contribution >= 0.6 is 15.9 Å². The van der Waals surface area contributed by atoms with Crippen molar-refractivity contribution in [2.75, 3.05) is 20.1 Å². The Hall–Kier alpha value is -0.870. The summed E-state index contributed by atoms with van der Waals surface area (Å²) in [5, 5.41) is 6.13. The summed E-state index contributed by atoms with van der Waals surface area (Å²) in [7, 11) is 1.94. The van der Waals surface area contributed by atoms with Crippen LogP contribution in [0.5, 0.6) is 0 Å². The topological polar surface area (TPSA) is 41.1 Å². The molecule has 1 heterocycles. The van der Waals surface area contributed by atoms with Crippen LogP contribution in [-0.2, 0) is 10.2 Å². The van der Waals surface area contributed by atoms with Crippen molar-refractivity contribution >= 4 is 21.8 Å². The minimum absolute atomic E-state index is 0.0861. The lowest BCUT2D eigenvalue weighted by Gasteiger charge is -2.38. The normalized spacial score (nSPS) is 24.5. The lowest BCUT2D eigenvalue weighted by atomic mass is 9.73. The Morgan fingerprint density at radius 1 is 1.47 bits per heavy atom. The van der Waals surface area contributed by atoms with Crippen molar-refractivity contribution in [2.24, 2.45) is 0 Å². The first-order chi connectivity index (χ1) is 8.18. The van der Waals surface area contributed by atoms with Gasteiger partial charge in [0.2, 0.25) is 5.91 Å². The third-order valence-corrected chi connectivity index (χ3v) is 4.08. The molecule has 1 fully saturated rings. The van der Waals surface area contributed by atoms with Crippen molar-refractivity contribution in [3.05, 3.63) is 34.3 Å². The predicted molar refractivity (Wildman–Crippen MR) is 72.0 cm³/mol. The van der Waals surface area contributed by atoms with E-state index in [-0.39, 0.29) is 11.3 Å². The van der Waals surface area contributed by atoms with Crippen molar-refractivity contribution in [2.45, 2.75) is 18.3 Å². The van der Waals surface area contributed by atoms with Gasteiger partial charge in [0.05, 0.1) is 0 Å². The summed E-state index contributed by atoms with van der Waals surface area (Å²) in [6.45, 7) is 1.57. The lowest BCUT2D eigenvalue weighted by molar-refractivity contribution is -0.124. The number of hydrogen-bond acceptors (Lipinski definition) is 2. The standard InChI is InChI=1S/C13H17BrN2O/c1-15-9-13(6-7-16-12(17)8-13)10-4-2-3-5-11(10)14/h2-5,15H,6-9H2,1H3,(H,16,17). The van der Waals surface area contributed by atoms with Crippen LogP contribution in [0.1, 0.15) is 18.4 Å². The van der Waals surface area contributed by atoms with Gasteiger partial charge in [0.25, 0.3) is 0 Å². The first kappa shape index (κ1) is 12.6. The van der Waals surface area contributed by atoms with Gasteiger partial charge in [-0.05, 0) is 25.1 Å². The van der Waals surface area contributed by atoms with Crippen molar-refractivity contribution in [3.63, 3.8) is 0 Å². The molecule has 1 aromatic rings. The van der Waals surface area contributed by atoms with Gasteiger partial charge in [0.15, 0.2) is 0 Å². The Bertz CT molecular complexity index is 418. The SMILES string of the molecule is CNCC1(c2ccccc2Br)CCNC(=O)C1. The number of piperidine rings is 1.